The van der Waals surface area contributed by atoms with Crippen LogP contribution < -0.4 is 25.0 Å². The second kappa shape index (κ2) is 8.89. The molecular weight excluding hydrogens is 338 g/mol. The molecule has 2 rings (SSSR count). The largest absolute Gasteiger partial charge is 0.495 e. The van der Waals surface area contributed by atoms with Crippen LogP contribution in [0.1, 0.15) is 12.5 Å². The summed E-state index contributed by atoms with van der Waals surface area (Å²) in [5, 5.41) is 7.72. The Morgan fingerprint density at radius 3 is 2.28 bits per heavy atom. The van der Waals surface area contributed by atoms with Gasteiger partial charge in [-0.1, -0.05) is 12.1 Å². The molecule has 2 aromatic rings. The number of rotatable bonds is 6. The van der Waals surface area contributed by atoms with Crippen molar-refractivity contribution in [1.29, 1.82) is 0 Å². The molecule has 25 heavy (non-hydrogen) atoms. The first kappa shape index (κ1) is 18.5. The quantitative estimate of drug-likeness (QED) is 0.468. The topological polar surface area (TPSA) is 64.1 Å². The highest BCUT2D eigenvalue weighted by molar-refractivity contribution is 7.80. The molecule has 0 bridgehead atoms. The molecule has 0 aromatic heterocycles. The van der Waals surface area contributed by atoms with Crippen LogP contribution in [0.5, 0.6) is 17.2 Å². The molecule has 0 fully saturated rings. The van der Waals surface area contributed by atoms with Crippen molar-refractivity contribution in [1.82, 2.24) is 5.43 Å². The number of thiocarbonyl (C=S) groups is 1. The number of ether oxygens (including phenoxy) is 3. The Labute approximate surface area is 152 Å². The summed E-state index contributed by atoms with van der Waals surface area (Å²) in [5.41, 5.74) is 5.24. The predicted molar refractivity (Wildman–Crippen MR) is 104 cm³/mol. The minimum Gasteiger partial charge on any atom is -0.495 e. The summed E-state index contributed by atoms with van der Waals surface area (Å²) in [6.07, 6.45) is 0. The normalized spacial score (nSPS) is 10.8. The molecule has 0 radical (unpaired) electrons. The van der Waals surface area contributed by atoms with E-state index in [-0.39, 0.29) is 0 Å². The van der Waals surface area contributed by atoms with E-state index < -0.39 is 0 Å². The van der Waals surface area contributed by atoms with Crippen molar-refractivity contribution in [3.05, 3.63) is 48.0 Å². The molecule has 0 saturated heterocycles. The summed E-state index contributed by atoms with van der Waals surface area (Å²) in [5.74, 6) is 2.01. The maximum Gasteiger partial charge on any atom is 0.191 e. The van der Waals surface area contributed by atoms with Crippen LogP contribution in [0.25, 0.3) is 0 Å². The third kappa shape index (κ3) is 4.84. The van der Waals surface area contributed by atoms with Gasteiger partial charge < -0.3 is 19.5 Å². The lowest BCUT2D eigenvalue weighted by molar-refractivity contribution is 0.355. The SMILES string of the molecule is COc1ccccc1NC(=S)N/N=C(/C)c1ccc(OC)c(OC)c1. The first-order valence-electron chi connectivity index (χ1n) is 7.55. The molecule has 2 N–H and O–H groups in total. The highest BCUT2D eigenvalue weighted by atomic mass is 32.1. The van der Waals surface area contributed by atoms with Crippen molar-refractivity contribution in [3.8, 4) is 17.2 Å². The van der Waals surface area contributed by atoms with Crippen molar-refractivity contribution in [2.24, 2.45) is 5.10 Å². The van der Waals surface area contributed by atoms with E-state index in [4.69, 9.17) is 26.4 Å². The van der Waals surface area contributed by atoms with E-state index >= 15 is 0 Å². The minimum atomic E-state index is 0.365. The minimum absolute atomic E-state index is 0.365. The van der Waals surface area contributed by atoms with Gasteiger partial charge in [0, 0.05) is 5.56 Å². The molecule has 0 spiro atoms. The van der Waals surface area contributed by atoms with Gasteiger partial charge in [-0.2, -0.15) is 5.10 Å². The van der Waals surface area contributed by atoms with Crippen molar-refractivity contribution in [2.45, 2.75) is 6.92 Å². The van der Waals surface area contributed by atoms with E-state index in [0.717, 1.165) is 17.0 Å². The molecular formula is C18H21N3O3S. The van der Waals surface area contributed by atoms with Crippen molar-refractivity contribution < 1.29 is 14.2 Å². The van der Waals surface area contributed by atoms with Gasteiger partial charge in [-0.25, -0.2) is 0 Å². The number of anilines is 1. The van der Waals surface area contributed by atoms with Crippen LogP contribution in [-0.2, 0) is 0 Å². The highest BCUT2D eigenvalue weighted by Crippen LogP contribution is 2.27. The van der Waals surface area contributed by atoms with Gasteiger partial charge in [0.25, 0.3) is 0 Å². The Morgan fingerprint density at radius 2 is 1.60 bits per heavy atom. The van der Waals surface area contributed by atoms with Gasteiger partial charge in [0.15, 0.2) is 16.6 Å². The fraction of sp³-hybridized carbons (Fsp3) is 0.222. The molecule has 0 unspecified atom stereocenters. The van der Waals surface area contributed by atoms with E-state index in [1.54, 1.807) is 21.3 Å². The van der Waals surface area contributed by atoms with E-state index in [0.29, 0.717) is 22.4 Å². The van der Waals surface area contributed by atoms with Gasteiger partial charge in [-0.05, 0) is 49.5 Å². The lowest BCUT2D eigenvalue weighted by Gasteiger charge is -2.12. The molecule has 6 nitrogen and oxygen atoms in total. The molecule has 132 valence electrons. The van der Waals surface area contributed by atoms with Crippen molar-refractivity contribution in [2.75, 3.05) is 26.6 Å². The van der Waals surface area contributed by atoms with Gasteiger partial charge >= 0.3 is 0 Å². The zero-order valence-electron chi connectivity index (χ0n) is 14.6. The Hall–Kier alpha value is -2.80. The summed E-state index contributed by atoms with van der Waals surface area (Å²) in [6.45, 7) is 1.87. The number of nitrogens with one attached hydrogen (secondary N) is 2. The van der Waals surface area contributed by atoms with Gasteiger partial charge in [0.2, 0.25) is 0 Å². The van der Waals surface area contributed by atoms with E-state index in [9.17, 15) is 0 Å². The fourth-order valence-corrected chi connectivity index (χ4v) is 2.31. The number of benzene rings is 2. The Kier molecular flexibility index (Phi) is 6.59. The van der Waals surface area contributed by atoms with Crippen molar-refractivity contribution in [3.63, 3.8) is 0 Å². The fourth-order valence-electron chi connectivity index (χ4n) is 2.16. The van der Waals surface area contributed by atoms with Crippen LogP contribution in [0.15, 0.2) is 47.6 Å². The number of hydrogen-bond acceptors (Lipinski definition) is 5. The molecule has 0 amide bonds. The van der Waals surface area contributed by atoms with Crippen LogP contribution in [0.4, 0.5) is 5.69 Å². The zero-order chi connectivity index (χ0) is 18.2. The third-order valence-electron chi connectivity index (χ3n) is 3.48. The van der Waals surface area contributed by atoms with Crippen molar-refractivity contribution >= 4 is 28.7 Å². The molecule has 0 atom stereocenters. The summed E-state index contributed by atoms with van der Waals surface area (Å²) in [7, 11) is 4.80. The Bertz CT molecular complexity index is 778. The maximum absolute atomic E-state index is 5.30. The van der Waals surface area contributed by atoms with E-state index in [1.807, 2.05) is 49.4 Å². The van der Waals surface area contributed by atoms with E-state index in [1.165, 1.54) is 0 Å². The van der Waals surface area contributed by atoms with Crippen LogP contribution in [0.3, 0.4) is 0 Å². The third-order valence-corrected chi connectivity index (χ3v) is 3.67. The predicted octanol–water partition coefficient (Wildman–Crippen LogP) is 3.42. The maximum atomic E-state index is 5.30. The number of hydrogen-bond donors (Lipinski definition) is 2. The van der Waals surface area contributed by atoms with Gasteiger partial charge in [-0.15, -0.1) is 0 Å². The molecule has 0 aliphatic heterocycles. The number of hydrazone groups is 1. The number of methoxy groups -OCH3 is 3. The first-order chi connectivity index (χ1) is 12.1. The molecule has 0 aliphatic carbocycles. The van der Waals surface area contributed by atoms with Crippen LogP contribution >= 0.6 is 12.2 Å². The summed E-state index contributed by atoms with van der Waals surface area (Å²) < 4.78 is 15.8. The lowest BCUT2D eigenvalue weighted by atomic mass is 10.1. The average molecular weight is 359 g/mol. The standard InChI is InChI=1S/C18H21N3O3S/c1-12(13-9-10-16(23-3)17(11-13)24-4)20-21-18(25)19-14-7-5-6-8-15(14)22-2/h5-11H,1-4H3,(H2,19,21,25)/b20-12-. The van der Waals surface area contributed by atoms with Crippen LogP contribution in [0.2, 0.25) is 0 Å². The Morgan fingerprint density at radius 1 is 0.920 bits per heavy atom. The van der Waals surface area contributed by atoms with Crippen LogP contribution in [-0.4, -0.2) is 32.2 Å². The highest BCUT2D eigenvalue weighted by Gasteiger charge is 2.07. The Balaban J connectivity index is 2.06. The zero-order valence-corrected chi connectivity index (χ0v) is 15.4. The summed E-state index contributed by atoms with van der Waals surface area (Å²) in [4.78, 5) is 0. The van der Waals surface area contributed by atoms with E-state index in [2.05, 4.69) is 15.8 Å². The van der Waals surface area contributed by atoms with Gasteiger partial charge in [0.1, 0.15) is 5.75 Å². The second-order valence-electron chi connectivity index (χ2n) is 5.03. The summed E-state index contributed by atoms with van der Waals surface area (Å²) >= 11 is 5.27. The first-order valence-corrected chi connectivity index (χ1v) is 7.96. The smallest absolute Gasteiger partial charge is 0.191 e. The molecule has 0 aliphatic rings. The number of para-hydroxylation sites is 2. The second-order valence-corrected chi connectivity index (χ2v) is 5.44. The van der Waals surface area contributed by atoms with Gasteiger partial charge in [-0.3, -0.25) is 5.43 Å². The monoisotopic (exact) mass is 359 g/mol. The average Bonchev–Trinajstić information content (AvgIpc) is 2.65. The number of nitrogens with zero attached hydrogens (tertiary/aromatic N) is 1. The summed E-state index contributed by atoms with van der Waals surface area (Å²) in [6, 6.07) is 13.1. The molecule has 0 saturated carbocycles. The molecule has 0 heterocycles. The molecule has 2 aromatic carbocycles. The van der Waals surface area contributed by atoms with Gasteiger partial charge in [0.05, 0.1) is 32.7 Å². The lowest BCUT2D eigenvalue weighted by Crippen LogP contribution is -2.25. The van der Waals surface area contributed by atoms with Crippen LogP contribution in [0, 0.1) is 0 Å². The molecule has 7 heteroatoms.